The largest absolute Gasteiger partial charge is 0.337 e. The summed E-state index contributed by atoms with van der Waals surface area (Å²) in [6, 6.07) is 0.647. The van der Waals surface area contributed by atoms with Gasteiger partial charge in [-0.3, -0.25) is 0 Å². The van der Waals surface area contributed by atoms with Crippen LogP contribution < -0.4 is 4.90 Å². The molecule has 0 N–H and O–H groups in total. The fourth-order valence-corrected chi connectivity index (χ4v) is 2.09. The molecule has 84 valence electrons. The quantitative estimate of drug-likeness (QED) is 0.760. The van der Waals surface area contributed by atoms with Crippen molar-refractivity contribution in [3.63, 3.8) is 0 Å². The summed E-state index contributed by atoms with van der Waals surface area (Å²) < 4.78 is 1.76. The topological polar surface area (TPSA) is 46.8 Å². The maximum Gasteiger partial charge on any atom is 0.245 e. The lowest BCUT2D eigenvalue weighted by molar-refractivity contribution is 0.378. The number of hydrogen-bond acceptors (Lipinski definition) is 4. The molecule has 0 radical (unpaired) electrons. The van der Waals surface area contributed by atoms with Crippen LogP contribution in [0.1, 0.15) is 25.7 Å². The Morgan fingerprint density at radius 1 is 1.53 bits per heavy atom. The fourth-order valence-electron chi connectivity index (χ4n) is 1.84. The molecule has 0 aromatic carbocycles. The second-order valence-electron chi connectivity index (χ2n) is 3.92. The Hall–Kier alpha value is -0.650. The van der Waals surface area contributed by atoms with E-state index in [-0.39, 0.29) is 0 Å². The van der Waals surface area contributed by atoms with Crippen LogP contribution >= 0.6 is 15.9 Å². The zero-order chi connectivity index (χ0) is 10.7. The number of hydrogen-bond donors (Lipinski definition) is 0. The van der Waals surface area contributed by atoms with Crippen LogP contribution in [0.3, 0.4) is 0 Å². The predicted octanol–water partition coefficient (Wildman–Crippen LogP) is 1.35. The van der Waals surface area contributed by atoms with Crippen molar-refractivity contribution in [1.29, 1.82) is 0 Å². The van der Waals surface area contributed by atoms with E-state index < -0.39 is 0 Å². The summed E-state index contributed by atoms with van der Waals surface area (Å²) in [6.07, 6.45) is 5.01. The van der Waals surface area contributed by atoms with Gasteiger partial charge in [0.05, 0.1) is 0 Å². The molecule has 2 rings (SSSR count). The number of rotatable bonds is 5. The third-order valence-corrected chi connectivity index (χ3v) is 3.46. The van der Waals surface area contributed by atoms with Crippen LogP contribution in [0.15, 0.2) is 0 Å². The van der Waals surface area contributed by atoms with Gasteiger partial charge in [-0.05, 0) is 36.1 Å². The molecular formula is C9H16BrN5. The highest BCUT2D eigenvalue weighted by molar-refractivity contribution is 9.09. The highest BCUT2D eigenvalue weighted by Gasteiger charge is 2.27. The number of tetrazole rings is 1. The number of aromatic nitrogens is 4. The molecule has 1 saturated carbocycles. The van der Waals surface area contributed by atoms with Crippen LogP contribution in [-0.4, -0.2) is 38.1 Å². The van der Waals surface area contributed by atoms with Gasteiger partial charge in [-0.1, -0.05) is 21.0 Å². The van der Waals surface area contributed by atoms with Crippen LogP contribution in [0.2, 0.25) is 0 Å². The van der Waals surface area contributed by atoms with Crippen molar-refractivity contribution in [2.75, 3.05) is 16.8 Å². The van der Waals surface area contributed by atoms with Gasteiger partial charge in [0.1, 0.15) is 0 Å². The first-order chi connectivity index (χ1) is 7.33. The first-order valence-electron chi connectivity index (χ1n) is 5.38. The molecule has 1 aromatic heterocycles. The van der Waals surface area contributed by atoms with Crippen LogP contribution in [0.25, 0.3) is 0 Å². The molecule has 1 aliphatic rings. The molecule has 15 heavy (non-hydrogen) atoms. The molecule has 0 atom stereocenters. The SMILES string of the molecule is Cn1nnnc1N(CCCBr)C1CCC1. The number of alkyl halides is 1. The van der Waals surface area contributed by atoms with E-state index in [1.807, 2.05) is 7.05 Å². The minimum Gasteiger partial charge on any atom is -0.337 e. The molecule has 1 fully saturated rings. The van der Waals surface area contributed by atoms with E-state index in [9.17, 15) is 0 Å². The van der Waals surface area contributed by atoms with Gasteiger partial charge in [-0.2, -0.15) is 0 Å². The van der Waals surface area contributed by atoms with E-state index in [1.165, 1.54) is 19.3 Å². The number of anilines is 1. The second-order valence-corrected chi connectivity index (χ2v) is 4.72. The maximum absolute atomic E-state index is 4.08. The van der Waals surface area contributed by atoms with Gasteiger partial charge in [0.25, 0.3) is 0 Å². The average molecular weight is 274 g/mol. The maximum atomic E-state index is 4.08. The van der Waals surface area contributed by atoms with Gasteiger partial charge in [0, 0.05) is 25.0 Å². The monoisotopic (exact) mass is 273 g/mol. The zero-order valence-electron chi connectivity index (χ0n) is 8.93. The Morgan fingerprint density at radius 2 is 2.33 bits per heavy atom. The summed E-state index contributed by atoms with van der Waals surface area (Å²) in [7, 11) is 1.90. The number of nitrogens with zero attached hydrogens (tertiary/aromatic N) is 5. The second kappa shape index (κ2) is 4.92. The predicted molar refractivity (Wildman–Crippen MR) is 62.2 cm³/mol. The summed E-state index contributed by atoms with van der Waals surface area (Å²) >= 11 is 3.46. The van der Waals surface area contributed by atoms with Crippen molar-refractivity contribution < 1.29 is 0 Å². The molecule has 0 amide bonds. The molecule has 1 aromatic rings. The minimum atomic E-state index is 0.647. The lowest BCUT2D eigenvalue weighted by Crippen LogP contribution is -2.42. The summed E-state index contributed by atoms with van der Waals surface area (Å²) in [5, 5.41) is 12.7. The number of halogens is 1. The zero-order valence-corrected chi connectivity index (χ0v) is 10.5. The van der Waals surface area contributed by atoms with Gasteiger partial charge in [0.2, 0.25) is 5.95 Å². The Kier molecular flexibility index (Phi) is 3.56. The van der Waals surface area contributed by atoms with Crippen LogP contribution in [-0.2, 0) is 7.05 Å². The van der Waals surface area contributed by atoms with Crippen molar-refractivity contribution in [2.45, 2.75) is 31.7 Å². The third kappa shape index (κ3) is 2.30. The highest BCUT2D eigenvalue weighted by Crippen LogP contribution is 2.27. The van der Waals surface area contributed by atoms with Crippen molar-refractivity contribution in [3.8, 4) is 0 Å². The lowest BCUT2D eigenvalue weighted by Gasteiger charge is -2.37. The van der Waals surface area contributed by atoms with Gasteiger partial charge < -0.3 is 4.90 Å². The molecular weight excluding hydrogens is 258 g/mol. The molecule has 0 bridgehead atoms. The molecule has 1 heterocycles. The van der Waals surface area contributed by atoms with Crippen molar-refractivity contribution in [3.05, 3.63) is 0 Å². The minimum absolute atomic E-state index is 0.647. The molecule has 0 unspecified atom stereocenters. The molecule has 0 aliphatic heterocycles. The first-order valence-corrected chi connectivity index (χ1v) is 6.50. The summed E-state index contributed by atoms with van der Waals surface area (Å²) in [5.41, 5.74) is 0. The Balaban J connectivity index is 2.07. The van der Waals surface area contributed by atoms with Gasteiger partial charge in [0.15, 0.2) is 0 Å². The fraction of sp³-hybridized carbons (Fsp3) is 0.889. The van der Waals surface area contributed by atoms with E-state index >= 15 is 0 Å². The summed E-state index contributed by atoms with van der Waals surface area (Å²) in [5.74, 6) is 0.903. The van der Waals surface area contributed by atoms with Gasteiger partial charge >= 0.3 is 0 Å². The third-order valence-electron chi connectivity index (χ3n) is 2.90. The summed E-state index contributed by atoms with van der Waals surface area (Å²) in [6.45, 7) is 1.03. The molecule has 0 saturated heterocycles. The van der Waals surface area contributed by atoms with Crippen molar-refractivity contribution >= 4 is 21.9 Å². The average Bonchev–Trinajstić information content (AvgIpc) is 2.55. The van der Waals surface area contributed by atoms with Crippen molar-refractivity contribution in [2.24, 2.45) is 7.05 Å². The van der Waals surface area contributed by atoms with E-state index in [2.05, 4.69) is 36.4 Å². The Labute approximate surface area is 98.0 Å². The van der Waals surface area contributed by atoms with Crippen LogP contribution in [0, 0.1) is 0 Å². The highest BCUT2D eigenvalue weighted by atomic mass is 79.9. The summed E-state index contributed by atoms with van der Waals surface area (Å²) in [4.78, 5) is 2.34. The standard InChI is InChI=1S/C9H16BrN5/c1-14-9(11-12-13-14)15(7-3-6-10)8-4-2-5-8/h8H,2-7H2,1H3. The van der Waals surface area contributed by atoms with E-state index in [0.717, 1.165) is 24.2 Å². The van der Waals surface area contributed by atoms with Crippen LogP contribution in [0.5, 0.6) is 0 Å². The van der Waals surface area contributed by atoms with Crippen LogP contribution in [0.4, 0.5) is 5.95 Å². The van der Waals surface area contributed by atoms with Gasteiger partial charge in [-0.25, -0.2) is 4.68 Å². The van der Waals surface area contributed by atoms with E-state index in [0.29, 0.717) is 6.04 Å². The number of aryl methyl sites for hydroxylation is 1. The van der Waals surface area contributed by atoms with E-state index in [4.69, 9.17) is 0 Å². The molecule has 6 heteroatoms. The molecule has 0 spiro atoms. The smallest absolute Gasteiger partial charge is 0.245 e. The first kappa shape index (κ1) is 10.9. The normalized spacial score (nSPS) is 16.4. The van der Waals surface area contributed by atoms with Crippen molar-refractivity contribution in [1.82, 2.24) is 20.2 Å². The Morgan fingerprint density at radius 3 is 2.80 bits per heavy atom. The molecule has 1 aliphatic carbocycles. The lowest BCUT2D eigenvalue weighted by atomic mass is 9.91. The van der Waals surface area contributed by atoms with Gasteiger partial charge in [-0.15, -0.1) is 0 Å². The van der Waals surface area contributed by atoms with E-state index in [1.54, 1.807) is 4.68 Å². The molecule has 5 nitrogen and oxygen atoms in total. The Bertz CT molecular complexity index is 309.